The largest absolute Gasteiger partial charge is 0.353 e. The molecule has 0 saturated carbocycles. The zero-order valence-electron chi connectivity index (χ0n) is 9.91. The van der Waals surface area contributed by atoms with Gasteiger partial charge in [0.1, 0.15) is 0 Å². The lowest BCUT2D eigenvalue weighted by atomic mass is 10.0. The molecule has 2 rings (SSSR count). The molecule has 2 N–H and O–H groups in total. The molecule has 1 heterocycles. The van der Waals surface area contributed by atoms with Crippen LogP contribution in [0.15, 0.2) is 30.5 Å². The second-order valence-electron chi connectivity index (χ2n) is 4.31. The van der Waals surface area contributed by atoms with E-state index in [4.69, 9.17) is 0 Å². The highest BCUT2D eigenvalue weighted by molar-refractivity contribution is 5.61. The van der Waals surface area contributed by atoms with Gasteiger partial charge in [-0.3, -0.25) is 5.10 Å². The van der Waals surface area contributed by atoms with E-state index >= 15 is 0 Å². The van der Waals surface area contributed by atoms with Crippen LogP contribution in [-0.2, 0) is 0 Å². The number of aromatic nitrogens is 2. The quantitative estimate of drug-likeness (QED) is 0.821. The molecule has 1 aromatic carbocycles. The topological polar surface area (TPSA) is 40.7 Å². The Hall–Kier alpha value is -1.77. The summed E-state index contributed by atoms with van der Waals surface area (Å²) in [7, 11) is 0. The van der Waals surface area contributed by atoms with Gasteiger partial charge in [0, 0.05) is 5.69 Å². The van der Waals surface area contributed by atoms with Crippen LogP contribution < -0.4 is 5.32 Å². The number of aryl methyl sites for hydroxylation is 1. The Morgan fingerprint density at radius 2 is 2.12 bits per heavy atom. The highest BCUT2D eigenvalue weighted by Gasteiger charge is 2.03. The fraction of sp³-hybridized carbons (Fsp3) is 0.308. The molecule has 0 aliphatic carbocycles. The van der Waals surface area contributed by atoms with Gasteiger partial charge in [-0.2, -0.15) is 5.10 Å². The number of H-pyrrole nitrogens is 1. The van der Waals surface area contributed by atoms with Crippen molar-refractivity contribution >= 4 is 11.4 Å². The summed E-state index contributed by atoms with van der Waals surface area (Å²) < 4.78 is 0. The summed E-state index contributed by atoms with van der Waals surface area (Å²) in [6, 6.07) is 8.47. The first-order valence-corrected chi connectivity index (χ1v) is 5.54. The number of rotatable bonds is 3. The van der Waals surface area contributed by atoms with Crippen molar-refractivity contribution in [2.75, 3.05) is 5.32 Å². The van der Waals surface area contributed by atoms with E-state index in [1.54, 1.807) is 6.20 Å². The van der Waals surface area contributed by atoms with Gasteiger partial charge in [0.2, 0.25) is 0 Å². The average molecular weight is 215 g/mol. The second kappa shape index (κ2) is 4.39. The van der Waals surface area contributed by atoms with Crippen molar-refractivity contribution in [3.8, 4) is 0 Å². The molecule has 16 heavy (non-hydrogen) atoms. The van der Waals surface area contributed by atoms with Crippen molar-refractivity contribution in [2.24, 2.45) is 0 Å². The summed E-state index contributed by atoms with van der Waals surface area (Å²) in [5.41, 5.74) is 4.53. The molecule has 0 aliphatic heterocycles. The fourth-order valence-electron chi connectivity index (χ4n) is 1.61. The number of nitrogens with one attached hydrogen (secondary N) is 2. The predicted molar refractivity (Wildman–Crippen MR) is 67.1 cm³/mol. The Bertz CT molecular complexity index is 472. The van der Waals surface area contributed by atoms with Crippen molar-refractivity contribution in [2.45, 2.75) is 26.7 Å². The molecule has 3 nitrogen and oxygen atoms in total. The van der Waals surface area contributed by atoms with E-state index in [-0.39, 0.29) is 0 Å². The van der Waals surface area contributed by atoms with E-state index in [0.717, 1.165) is 17.1 Å². The lowest BCUT2D eigenvalue weighted by molar-refractivity contribution is 0.867. The number of nitrogens with zero attached hydrogens (tertiary/aromatic N) is 1. The van der Waals surface area contributed by atoms with Crippen LogP contribution in [0.1, 0.15) is 31.0 Å². The van der Waals surface area contributed by atoms with E-state index in [2.05, 4.69) is 53.6 Å². The molecule has 0 fully saturated rings. The summed E-state index contributed by atoms with van der Waals surface area (Å²) in [4.78, 5) is 0. The molecule has 0 aliphatic rings. The Morgan fingerprint density at radius 3 is 2.75 bits per heavy atom. The van der Waals surface area contributed by atoms with Crippen molar-refractivity contribution in [3.63, 3.8) is 0 Å². The van der Waals surface area contributed by atoms with Gasteiger partial charge in [0.05, 0.1) is 17.6 Å². The second-order valence-corrected chi connectivity index (χ2v) is 4.31. The number of benzene rings is 1. The van der Waals surface area contributed by atoms with E-state index in [1.165, 1.54) is 5.56 Å². The molecule has 1 aromatic heterocycles. The third-order valence-corrected chi connectivity index (χ3v) is 2.66. The van der Waals surface area contributed by atoms with Crippen LogP contribution in [0.4, 0.5) is 11.4 Å². The van der Waals surface area contributed by atoms with Crippen molar-refractivity contribution in [1.29, 1.82) is 0 Å². The molecule has 0 atom stereocenters. The Kier molecular flexibility index (Phi) is 2.95. The van der Waals surface area contributed by atoms with E-state index in [0.29, 0.717) is 5.92 Å². The standard InChI is InChI=1S/C13H17N3/c1-9(2)11-5-4-6-12(7-11)15-13-8-14-16-10(13)3/h4-9,15H,1-3H3,(H,14,16). The van der Waals surface area contributed by atoms with Gasteiger partial charge in [-0.15, -0.1) is 0 Å². The first-order valence-electron chi connectivity index (χ1n) is 5.54. The third kappa shape index (κ3) is 2.24. The smallest absolute Gasteiger partial charge is 0.0797 e. The molecule has 0 radical (unpaired) electrons. The number of aromatic amines is 1. The molecular formula is C13H17N3. The minimum Gasteiger partial charge on any atom is -0.353 e. The average Bonchev–Trinajstić information content (AvgIpc) is 2.65. The van der Waals surface area contributed by atoms with E-state index in [9.17, 15) is 0 Å². The summed E-state index contributed by atoms with van der Waals surface area (Å²) in [6.45, 7) is 6.39. The van der Waals surface area contributed by atoms with Gasteiger partial charge in [0.15, 0.2) is 0 Å². The maximum atomic E-state index is 3.99. The summed E-state index contributed by atoms with van der Waals surface area (Å²) in [5.74, 6) is 0.548. The molecule has 84 valence electrons. The molecular weight excluding hydrogens is 198 g/mol. The van der Waals surface area contributed by atoms with Crippen LogP contribution >= 0.6 is 0 Å². The number of hydrogen-bond acceptors (Lipinski definition) is 2. The highest BCUT2D eigenvalue weighted by Crippen LogP contribution is 2.22. The monoisotopic (exact) mass is 215 g/mol. The van der Waals surface area contributed by atoms with Gasteiger partial charge >= 0.3 is 0 Å². The highest BCUT2D eigenvalue weighted by atomic mass is 15.1. The molecule has 2 aromatic rings. The van der Waals surface area contributed by atoms with Crippen LogP contribution in [0, 0.1) is 6.92 Å². The van der Waals surface area contributed by atoms with E-state index in [1.807, 2.05) is 6.92 Å². The molecule has 0 spiro atoms. The third-order valence-electron chi connectivity index (χ3n) is 2.66. The van der Waals surface area contributed by atoms with Crippen LogP contribution in [0.5, 0.6) is 0 Å². The maximum absolute atomic E-state index is 3.99. The van der Waals surface area contributed by atoms with Gasteiger partial charge in [-0.1, -0.05) is 26.0 Å². The van der Waals surface area contributed by atoms with E-state index < -0.39 is 0 Å². The molecule has 3 heteroatoms. The van der Waals surface area contributed by atoms with Gasteiger partial charge in [0.25, 0.3) is 0 Å². The van der Waals surface area contributed by atoms with Crippen LogP contribution in [-0.4, -0.2) is 10.2 Å². The fourth-order valence-corrected chi connectivity index (χ4v) is 1.61. The Labute approximate surface area is 95.9 Å². The van der Waals surface area contributed by atoms with Crippen LogP contribution in [0.25, 0.3) is 0 Å². The summed E-state index contributed by atoms with van der Waals surface area (Å²) in [5, 5.41) is 10.3. The van der Waals surface area contributed by atoms with Crippen LogP contribution in [0.2, 0.25) is 0 Å². The number of hydrogen-bond donors (Lipinski definition) is 2. The predicted octanol–water partition coefficient (Wildman–Crippen LogP) is 3.59. The molecule has 0 unspecified atom stereocenters. The number of anilines is 2. The van der Waals surface area contributed by atoms with Crippen molar-refractivity contribution in [3.05, 3.63) is 41.7 Å². The van der Waals surface area contributed by atoms with Gasteiger partial charge < -0.3 is 5.32 Å². The summed E-state index contributed by atoms with van der Waals surface area (Å²) >= 11 is 0. The molecule has 0 saturated heterocycles. The lowest BCUT2D eigenvalue weighted by Crippen LogP contribution is -1.93. The minimum atomic E-state index is 0.548. The normalized spacial score (nSPS) is 10.8. The Balaban J connectivity index is 2.22. The van der Waals surface area contributed by atoms with Gasteiger partial charge in [-0.25, -0.2) is 0 Å². The summed E-state index contributed by atoms with van der Waals surface area (Å²) in [6.07, 6.45) is 1.80. The van der Waals surface area contributed by atoms with Crippen molar-refractivity contribution in [1.82, 2.24) is 10.2 Å². The van der Waals surface area contributed by atoms with Crippen molar-refractivity contribution < 1.29 is 0 Å². The molecule has 0 amide bonds. The SMILES string of the molecule is Cc1[nH]ncc1Nc1cccc(C(C)C)c1. The first-order chi connectivity index (χ1) is 7.66. The van der Waals surface area contributed by atoms with Gasteiger partial charge in [-0.05, 0) is 30.5 Å². The lowest BCUT2D eigenvalue weighted by Gasteiger charge is -2.09. The Morgan fingerprint density at radius 1 is 1.31 bits per heavy atom. The van der Waals surface area contributed by atoms with Crippen LogP contribution in [0.3, 0.4) is 0 Å². The maximum Gasteiger partial charge on any atom is 0.0797 e. The zero-order chi connectivity index (χ0) is 11.5. The molecule has 0 bridgehead atoms. The first kappa shape index (κ1) is 10.7. The zero-order valence-corrected chi connectivity index (χ0v) is 9.91. The minimum absolute atomic E-state index is 0.548.